The highest BCUT2D eigenvalue weighted by molar-refractivity contribution is 5.85. The monoisotopic (exact) mass is 450 g/mol. The van der Waals surface area contributed by atoms with E-state index < -0.39 is 11.7 Å². The SMILES string of the molecule is COc1cccc([C@@H](C)N[C@H]2CCN(Cc3cccc(C(F)(F)F)c3)C2)c1.Cl.Cl. The van der Waals surface area contributed by atoms with Crippen LogP contribution in [-0.4, -0.2) is 31.1 Å². The van der Waals surface area contributed by atoms with E-state index in [2.05, 4.69) is 23.2 Å². The van der Waals surface area contributed by atoms with Gasteiger partial charge in [0, 0.05) is 31.7 Å². The van der Waals surface area contributed by atoms with Crippen LogP contribution in [0, 0.1) is 0 Å². The predicted octanol–water partition coefficient (Wildman–Crippen LogP) is 5.48. The van der Waals surface area contributed by atoms with E-state index in [1.807, 2.05) is 18.2 Å². The molecule has 1 aliphatic heterocycles. The maximum atomic E-state index is 12.9. The maximum absolute atomic E-state index is 12.9. The summed E-state index contributed by atoms with van der Waals surface area (Å²) in [6, 6.07) is 14.1. The molecule has 1 N–H and O–H groups in total. The first-order valence-corrected chi connectivity index (χ1v) is 9.13. The Hall–Kier alpha value is -1.47. The van der Waals surface area contributed by atoms with Crippen molar-refractivity contribution >= 4 is 24.8 Å². The molecule has 1 aliphatic rings. The first-order chi connectivity index (χ1) is 12.8. The van der Waals surface area contributed by atoms with Crippen molar-refractivity contribution in [2.45, 2.75) is 38.1 Å². The molecule has 0 spiro atoms. The van der Waals surface area contributed by atoms with Gasteiger partial charge in [-0.3, -0.25) is 4.90 Å². The lowest BCUT2D eigenvalue weighted by molar-refractivity contribution is -0.137. The second-order valence-electron chi connectivity index (χ2n) is 7.08. The number of rotatable bonds is 6. The van der Waals surface area contributed by atoms with E-state index in [-0.39, 0.29) is 30.9 Å². The lowest BCUT2D eigenvalue weighted by Gasteiger charge is -2.21. The van der Waals surface area contributed by atoms with E-state index >= 15 is 0 Å². The van der Waals surface area contributed by atoms with Crippen molar-refractivity contribution < 1.29 is 17.9 Å². The number of hydrogen-bond donors (Lipinski definition) is 1. The topological polar surface area (TPSA) is 24.5 Å². The molecule has 0 saturated carbocycles. The molecule has 0 bridgehead atoms. The van der Waals surface area contributed by atoms with Crippen LogP contribution in [0.3, 0.4) is 0 Å². The highest BCUT2D eigenvalue weighted by Crippen LogP contribution is 2.30. The summed E-state index contributed by atoms with van der Waals surface area (Å²) in [7, 11) is 1.65. The van der Waals surface area contributed by atoms with Gasteiger partial charge < -0.3 is 10.1 Å². The van der Waals surface area contributed by atoms with Crippen LogP contribution in [0.25, 0.3) is 0 Å². The average molecular weight is 451 g/mol. The highest BCUT2D eigenvalue weighted by atomic mass is 35.5. The lowest BCUT2D eigenvalue weighted by Crippen LogP contribution is -2.34. The minimum Gasteiger partial charge on any atom is -0.497 e. The molecule has 2 aromatic carbocycles. The third-order valence-electron chi connectivity index (χ3n) is 5.01. The molecule has 1 saturated heterocycles. The summed E-state index contributed by atoms with van der Waals surface area (Å²) in [5.41, 5.74) is 1.28. The van der Waals surface area contributed by atoms with E-state index in [9.17, 15) is 13.2 Å². The second kappa shape index (κ2) is 11.1. The van der Waals surface area contributed by atoms with Crippen molar-refractivity contribution in [1.82, 2.24) is 10.2 Å². The van der Waals surface area contributed by atoms with Crippen LogP contribution in [0.2, 0.25) is 0 Å². The fourth-order valence-corrected chi connectivity index (χ4v) is 3.58. The van der Waals surface area contributed by atoms with Crippen molar-refractivity contribution in [1.29, 1.82) is 0 Å². The van der Waals surface area contributed by atoms with E-state index in [4.69, 9.17) is 4.74 Å². The summed E-state index contributed by atoms with van der Waals surface area (Å²) in [4.78, 5) is 2.20. The Morgan fingerprint density at radius 2 is 1.86 bits per heavy atom. The Kier molecular flexibility index (Phi) is 9.76. The molecule has 0 radical (unpaired) electrons. The van der Waals surface area contributed by atoms with Gasteiger partial charge in [-0.1, -0.05) is 30.3 Å². The number of hydrogen-bond acceptors (Lipinski definition) is 3. The predicted molar refractivity (Wildman–Crippen MR) is 114 cm³/mol. The number of methoxy groups -OCH3 is 1. The first-order valence-electron chi connectivity index (χ1n) is 9.13. The molecule has 1 heterocycles. The summed E-state index contributed by atoms with van der Waals surface area (Å²) in [6.07, 6.45) is -3.31. The highest BCUT2D eigenvalue weighted by Gasteiger charge is 2.31. The van der Waals surface area contributed by atoms with Crippen LogP contribution in [0.1, 0.15) is 36.1 Å². The number of benzene rings is 2. The van der Waals surface area contributed by atoms with Gasteiger partial charge in [0.15, 0.2) is 0 Å². The van der Waals surface area contributed by atoms with Gasteiger partial charge in [0.05, 0.1) is 12.7 Å². The number of halogens is 5. The van der Waals surface area contributed by atoms with E-state index in [1.165, 1.54) is 12.1 Å². The lowest BCUT2D eigenvalue weighted by atomic mass is 10.1. The Morgan fingerprint density at radius 3 is 2.55 bits per heavy atom. The van der Waals surface area contributed by atoms with Crippen molar-refractivity contribution in [2.75, 3.05) is 20.2 Å². The van der Waals surface area contributed by atoms with Crippen LogP contribution < -0.4 is 10.1 Å². The number of ether oxygens (including phenoxy) is 1. The summed E-state index contributed by atoms with van der Waals surface area (Å²) in [5.74, 6) is 0.832. The van der Waals surface area contributed by atoms with Gasteiger partial charge in [-0.2, -0.15) is 13.2 Å². The standard InChI is InChI=1S/C21H25F3N2O.2ClH/c1-15(17-6-4-8-20(12-17)27-2)25-19-9-10-26(14-19)13-16-5-3-7-18(11-16)21(22,23)24;;/h3-8,11-12,15,19,25H,9-10,13-14H2,1-2H3;2*1H/t15-,19+;;/m1../s1. The van der Waals surface area contributed by atoms with Crippen molar-refractivity contribution in [3.8, 4) is 5.75 Å². The molecule has 1 fully saturated rings. The van der Waals surface area contributed by atoms with Gasteiger partial charge in [-0.25, -0.2) is 0 Å². The van der Waals surface area contributed by atoms with Crippen molar-refractivity contribution in [3.63, 3.8) is 0 Å². The summed E-state index contributed by atoms with van der Waals surface area (Å²) < 4.78 is 43.9. The molecule has 0 unspecified atom stereocenters. The minimum absolute atomic E-state index is 0. The molecule has 2 aromatic rings. The summed E-state index contributed by atoms with van der Waals surface area (Å²) in [5, 5.41) is 3.62. The Balaban J connectivity index is 0.00000210. The third kappa shape index (κ3) is 7.07. The number of nitrogens with one attached hydrogen (secondary N) is 1. The van der Waals surface area contributed by atoms with Gasteiger partial charge >= 0.3 is 6.18 Å². The van der Waals surface area contributed by atoms with Crippen LogP contribution >= 0.6 is 24.8 Å². The molecule has 0 amide bonds. The molecule has 8 heteroatoms. The zero-order chi connectivity index (χ0) is 19.4. The zero-order valence-electron chi connectivity index (χ0n) is 16.4. The average Bonchev–Trinajstić information content (AvgIpc) is 3.08. The van der Waals surface area contributed by atoms with Crippen LogP contribution in [0.15, 0.2) is 48.5 Å². The van der Waals surface area contributed by atoms with Gasteiger partial charge in [-0.15, -0.1) is 24.8 Å². The number of alkyl halides is 3. The molecular formula is C21H27Cl2F3N2O. The Bertz CT molecular complexity index is 774. The maximum Gasteiger partial charge on any atom is 0.416 e. The molecule has 0 aliphatic carbocycles. The molecular weight excluding hydrogens is 424 g/mol. The van der Waals surface area contributed by atoms with Crippen LogP contribution in [-0.2, 0) is 12.7 Å². The van der Waals surface area contributed by atoms with Crippen LogP contribution in [0.5, 0.6) is 5.75 Å². The van der Waals surface area contributed by atoms with Gasteiger partial charge in [0.2, 0.25) is 0 Å². The Morgan fingerprint density at radius 1 is 1.14 bits per heavy atom. The number of likely N-dealkylation sites (tertiary alicyclic amines) is 1. The van der Waals surface area contributed by atoms with Gasteiger partial charge in [0.25, 0.3) is 0 Å². The van der Waals surface area contributed by atoms with Gasteiger partial charge in [0.1, 0.15) is 5.75 Å². The fraction of sp³-hybridized carbons (Fsp3) is 0.429. The fourth-order valence-electron chi connectivity index (χ4n) is 3.58. The summed E-state index contributed by atoms with van der Waals surface area (Å²) in [6.45, 7) is 4.35. The van der Waals surface area contributed by atoms with Gasteiger partial charge in [-0.05, 0) is 42.7 Å². The van der Waals surface area contributed by atoms with E-state index in [0.29, 0.717) is 18.2 Å². The minimum atomic E-state index is -4.29. The normalized spacial score (nSPS) is 17.9. The quantitative estimate of drug-likeness (QED) is 0.630. The largest absolute Gasteiger partial charge is 0.497 e. The smallest absolute Gasteiger partial charge is 0.416 e. The molecule has 162 valence electrons. The molecule has 2 atom stereocenters. The van der Waals surface area contributed by atoms with Crippen LogP contribution in [0.4, 0.5) is 13.2 Å². The first kappa shape index (κ1) is 25.6. The summed E-state index contributed by atoms with van der Waals surface area (Å²) >= 11 is 0. The van der Waals surface area contributed by atoms with Crippen molar-refractivity contribution in [2.24, 2.45) is 0 Å². The van der Waals surface area contributed by atoms with Crippen molar-refractivity contribution in [3.05, 3.63) is 65.2 Å². The molecule has 3 nitrogen and oxygen atoms in total. The molecule has 0 aromatic heterocycles. The third-order valence-corrected chi connectivity index (χ3v) is 5.01. The molecule has 29 heavy (non-hydrogen) atoms. The number of nitrogens with zero attached hydrogens (tertiary/aromatic N) is 1. The van der Waals surface area contributed by atoms with E-state index in [0.717, 1.165) is 36.9 Å². The Labute approximate surface area is 182 Å². The van der Waals surface area contributed by atoms with E-state index in [1.54, 1.807) is 13.2 Å². The second-order valence-corrected chi connectivity index (χ2v) is 7.08. The molecule has 3 rings (SSSR count). The zero-order valence-corrected chi connectivity index (χ0v) is 18.0.